The fourth-order valence-electron chi connectivity index (χ4n) is 2.30. The van der Waals surface area contributed by atoms with Crippen LogP contribution in [0.2, 0.25) is 0 Å². The molecule has 0 spiro atoms. The van der Waals surface area contributed by atoms with E-state index in [2.05, 4.69) is 38.0 Å². The van der Waals surface area contributed by atoms with E-state index >= 15 is 0 Å². The van der Waals surface area contributed by atoms with Gasteiger partial charge in [-0.2, -0.15) is 0 Å². The second kappa shape index (κ2) is 5.72. The molecule has 1 aliphatic heterocycles. The molecule has 1 heterocycles. The summed E-state index contributed by atoms with van der Waals surface area (Å²) in [6.45, 7) is 10.7. The summed E-state index contributed by atoms with van der Waals surface area (Å²) in [5.74, 6) is 1.70. The second-order valence-corrected chi connectivity index (χ2v) is 5.03. The van der Waals surface area contributed by atoms with Gasteiger partial charge in [-0.3, -0.25) is 0 Å². The molecule has 2 heteroatoms. The van der Waals surface area contributed by atoms with Crippen LogP contribution in [0.3, 0.4) is 0 Å². The Morgan fingerprint density at radius 2 is 2.21 bits per heavy atom. The maximum absolute atomic E-state index is 3.52. The van der Waals surface area contributed by atoms with E-state index in [9.17, 15) is 0 Å². The van der Waals surface area contributed by atoms with Crippen molar-refractivity contribution in [1.29, 1.82) is 0 Å². The van der Waals surface area contributed by atoms with Crippen LogP contribution in [0.15, 0.2) is 0 Å². The molecule has 14 heavy (non-hydrogen) atoms. The third kappa shape index (κ3) is 3.58. The maximum atomic E-state index is 3.52. The van der Waals surface area contributed by atoms with E-state index in [-0.39, 0.29) is 0 Å². The Balaban J connectivity index is 2.22. The van der Waals surface area contributed by atoms with E-state index < -0.39 is 0 Å². The quantitative estimate of drug-likeness (QED) is 0.726. The number of nitrogens with zero attached hydrogens (tertiary/aromatic N) is 1. The molecule has 1 rings (SSSR count). The average Bonchev–Trinajstić information content (AvgIpc) is 2.51. The zero-order valence-electron chi connectivity index (χ0n) is 10.2. The third-order valence-electron chi connectivity index (χ3n) is 3.56. The zero-order chi connectivity index (χ0) is 10.6. The fourth-order valence-corrected chi connectivity index (χ4v) is 2.30. The lowest BCUT2D eigenvalue weighted by atomic mass is 10.0. The van der Waals surface area contributed by atoms with E-state index in [0.717, 1.165) is 17.9 Å². The van der Waals surface area contributed by atoms with Crippen molar-refractivity contribution in [3.05, 3.63) is 0 Å². The number of nitrogens with one attached hydrogen (secondary N) is 1. The highest BCUT2D eigenvalue weighted by Gasteiger charge is 2.23. The van der Waals surface area contributed by atoms with Crippen molar-refractivity contribution >= 4 is 0 Å². The van der Waals surface area contributed by atoms with Gasteiger partial charge in [0.05, 0.1) is 0 Å². The van der Waals surface area contributed by atoms with Gasteiger partial charge in [-0.1, -0.05) is 20.3 Å². The molecular formula is C12H26N2. The molecule has 0 aromatic heterocycles. The fraction of sp³-hybridized carbons (Fsp3) is 1.00. The summed E-state index contributed by atoms with van der Waals surface area (Å²) in [6, 6.07) is 0.717. The second-order valence-electron chi connectivity index (χ2n) is 5.03. The number of hydrogen-bond donors (Lipinski definition) is 1. The zero-order valence-corrected chi connectivity index (χ0v) is 10.2. The first-order chi connectivity index (χ1) is 6.63. The first-order valence-electron chi connectivity index (χ1n) is 6.05. The van der Waals surface area contributed by atoms with Gasteiger partial charge in [-0.25, -0.2) is 0 Å². The highest BCUT2D eigenvalue weighted by atomic mass is 15.1. The van der Waals surface area contributed by atoms with Gasteiger partial charge >= 0.3 is 0 Å². The molecule has 0 radical (unpaired) electrons. The predicted molar refractivity (Wildman–Crippen MR) is 62.5 cm³/mol. The standard InChI is InChI=1S/C12H26N2/c1-5-10(2)8-14(4)9-12-6-7-13-11(12)3/h10-13H,5-9H2,1-4H3. The van der Waals surface area contributed by atoms with Gasteiger partial charge < -0.3 is 10.2 Å². The molecule has 0 bridgehead atoms. The molecule has 3 unspecified atom stereocenters. The average molecular weight is 198 g/mol. The van der Waals surface area contributed by atoms with E-state index in [0.29, 0.717) is 0 Å². The first-order valence-corrected chi connectivity index (χ1v) is 6.05. The Labute approximate surface area is 89.1 Å². The van der Waals surface area contributed by atoms with E-state index in [1.807, 2.05) is 0 Å². The molecule has 0 amide bonds. The molecule has 0 aliphatic carbocycles. The SMILES string of the molecule is CCC(C)CN(C)CC1CCNC1C. The monoisotopic (exact) mass is 198 g/mol. The van der Waals surface area contributed by atoms with Crippen molar-refractivity contribution in [3.8, 4) is 0 Å². The molecule has 1 N–H and O–H groups in total. The summed E-state index contributed by atoms with van der Waals surface area (Å²) in [4.78, 5) is 2.50. The lowest BCUT2D eigenvalue weighted by Crippen LogP contribution is -2.34. The lowest BCUT2D eigenvalue weighted by Gasteiger charge is -2.25. The Kier molecular flexibility index (Phi) is 4.90. The Bertz CT molecular complexity index is 158. The van der Waals surface area contributed by atoms with Crippen LogP contribution in [-0.4, -0.2) is 37.6 Å². The molecule has 0 aromatic carbocycles. The van der Waals surface area contributed by atoms with Crippen LogP contribution in [-0.2, 0) is 0 Å². The highest BCUT2D eigenvalue weighted by Crippen LogP contribution is 2.16. The minimum atomic E-state index is 0.717. The maximum Gasteiger partial charge on any atom is 0.00796 e. The van der Waals surface area contributed by atoms with Crippen molar-refractivity contribution in [2.75, 3.05) is 26.7 Å². The molecule has 2 nitrogen and oxygen atoms in total. The molecule has 84 valence electrons. The molecule has 1 saturated heterocycles. The van der Waals surface area contributed by atoms with E-state index in [1.54, 1.807) is 0 Å². The van der Waals surface area contributed by atoms with Crippen LogP contribution in [0.5, 0.6) is 0 Å². The first kappa shape index (κ1) is 12.0. The molecule has 1 aliphatic rings. The summed E-state index contributed by atoms with van der Waals surface area (Å²) in [7, 11) is 2.26. The number of rotatable bonds is 5. The van der Waals surface area contributed by atoms with Crippen LogP contribution >= 0.6 is 0 Å². The van der Waals surface area contributed by atoms with Gasteiger partial charge in [0, 0.05) is 19.1 Å². The van der Waals surface area contributed by atoms with Crippen molar-refractivity contribution in [1.82, 2.24) is 10.2 Å². The van der Waals surface area contributed by atoms with Crippen molar-refractivity contribution < 1.29 is 0 Å². The summed E-state index contributed by atoms with van der Waals surface area (Å²) in [5, 5.41) is 3.52. The smallest absolute Gasteiger partial charge is 0.00796 e. The highest BCUT2D eigenvalue weighted by molar-refractivity contribution is 4.82. The Hall–Kier alpha value is -0.0800. The van der Waals surface area contributed by atoms with Crippen LogP contribution in [0.4, 0.5) is 0 Å². The summed E-state index contributed by atoms with van der Waals surface area (Å²) < 4.78 is 0. The molecule has 3 atom stereocenters. The lowest BCUT2D eigenvalue weighted by molar-refractivity contribution is 0.234. The summed E-state index contributed by atoms with van der Waals surface area (Å²) in [5.41, 5.74) is 0. The largest absolute Gasteiger partial charge is 0.314 e. The summed E-state index contributed by atoms with van der Waals surface area (Å²) >= 11 is 0. The molecular weight excluding hydrogens is 172 g/mol. The van der Waals surface area contributed by atoms with Gasteiger partial charge in [-0.05, 0) is 38.8 Å². The normalized spacial score (nSPS) is 29.8. The van der Waals surface area contributed by atoms with Crippen molar-refractivity contribution in [2.24, 2.45) is 11.8 Å². The van der Waals surface area contributed by atoms with Crippen LogP contribution in [0.1, 0.15) is 33.6 Å². The van der Waals surface area contributed by atoms with Gasteiger partial charge in [0.2, 0.25) is 0 Å². The van der Waals surface area contributed by atoms with Gasteiger partial charge in [0.1, 0.15) is 0 Å². The number of hydrogen-bond acceptors (Lipinski definition) is 2. The predicted octanol–water partition coefficient (Wildman–Crippen LogP) is 1.96. The van der Waals surface area contributed by atoms with Crippen LogP contribution in [0.25, 0.3) is 0 Å². The minimum Gasteiger partial charge on any atom is -0.314 e. The topological polar surface area (TPSA) is 15.3 Å². The summed E-state index contributed by atoms with van der Waals surface area (Å²) in [6.07, 6.45) is 2.65. The molecule has 0 saturated carbocycles. The Morgan fingerprint density at radius 3 is 2.71 bits per heavy atom. The van der Waals surface area contributed by atoms with Crippen molar-refractivity contribution in [2.45, 2.75) is 39.7 Å². The van der Waals surface area contributed by atoms with E-state index in [1.165, 1.54) is 32.5 Å². The van der Waals surface area contributed by atoms with Gasteiger partial charge in [0.25, 0.3) is 0 Å². The third-order valence-corrected chi connectivity index (χ3v) is 3.56. The molecule has 1 fully saturated rings. The van der Waals surface area contributed by atoms with Gasteiger partial charge in [0.15, 0.2) is 0 Å². The van der Waals surface area contributed by atoms with Crippen molar-refractivity contribution in [3.63, 3.8) is 0 Å². The minimum absolute atomic E-state index is 0.717. The van der Waals surface area contributed by atoms with Gasteiger partial charge in [-0.15, -0.1) is 0 Å². The van der Waals surface area contributed by atoms with Crippen LogP contribution < -0.4 is 5.32 Å². The van der Waals surface area contributed by atoms with Crippen LogP contribution in [0, 0.1) is 11.8 Å². The molecule has 0 aromatic rings. The Morgan fingerprint density at radius 1 is 1.50 bits per heavy atom. The van der Waals surface area contributed by atoms with E-state index in [4.69, 9.17) is 0 Å².